The van der Waals surface area contributed by atoms with Crippen LogP contribution in [0.1, 0.15) is 32.3 Å². The molecular formula is C16H20N2O2. The van der Waals surface area contributed by atoms with E-state index in [9.17, 15) is 9.59 Å². The fourth-order valence-electron chi connectivity index (χ4n) is 3.11. The Bertz CT molecular complexity index is 514. The summed E-state index contributed by atoms with van der Waals surface area (Å²) in [5.41, 5.74) is 1.94. The Kier molecular flexibility index (Phi) is 3.24. The quantitative estimate of drug-likeness (QED) is 0.794. The van der Waals surface area contributed by atoms with Gasteiger partial charge in [0.1, 0.15) is 6.04 Å². The van der Waals surface area contributed by atoms with Crippen molar-refractivity contribution in [3.05, 3.63) is 29.8 Å². The molecule has 2 aliphatic heterocycles. The number of carbonyl (C=O) groups excluding carboxylic acids is 2. The number of imide groups is 1. The first kappa shape index (κ1) is 13.2. The van der Waals surface area contributed by atoms with Crippen molar-refractivity contribution in [3.8, 4) is 0 Å². The van der Waals surface area contributed by atoms with Crippen LogP contribution in [-0.2, 0) is 11.2 Å². The van der Waals surface area contributed by atoms with Gasteiger partial charge in [-0.1, -0.05) is 26.0 Å². The highest BCUT2D eigenvalue weighted by Gasteiger charge is 2.47. The van der Waals surface area contributed by atoms with Crippen LogP contribution in [0.5, 0.6) is 0 Å². The lowest BCUT2D eigenvalue weighted by atomic mass is 10.0. The van der Waals surface area contributed by atoms with E-state index < -0.39 is 0 Å². The maximum Gasteiger partial charge on any atom is 0.332 e. The lowest BCUT2D eigenvalue weighted by molar-refractivity contribution is -0.119. The number of fused-ring (bicyclic) bond motifs is 1. The predicted molar refractivity (Wildman–Crippen MR) is 77.6 cm³/mol. The zero-order valence-corrected chi connectivity index (χ0v) is 12.0. The smallest absolute Gasteiger partial charge is 0.312 e. The Hall–Kier alpha value is -1.84. The minimum absolute atomic E-state index is 0.0656. The Morgan fingerprint density at radius 1 is 1.20 bits per heavy atom. The van der Waals surface area contributed by atoms with Crippen LogP contribution < -0.4 is 4.90 Å². The predicted octanol–water partition coefficient (Wildman–Crippen LogP) is 2.82. The van der Waals surface area contributed by atoms with E-state index in [2.05, 4.69) is 13.8 Å². The summed E-state index contributed by atoms with van der Waals surface area (Å²) >= 11 is 0. The number of rotatable bonds is 3. The van der Waals surface area contributed by atoms with E-state index in [4.69, 9.17) is 0 Å². The van der Waals surface area contributed by atoms with Crippen molar-refractivity contribution in [1.29, 1.82) is 0 Å². The fraction of sp³-hybridized carbons (Fsp3) is 0.500. The Morgan fingerprint density at radius 3 is 2.50 bits per heavy atom. The van der Waals surface area contributed by atoms with E-state index in [1.54, 1.807) is 4.90 Å². The number of benzene rings is 1. The average molecular weight is 272 g/mol. The molecule has 1 atom stereocenters. The average Bonchev–Trinajstić information content (AvgIpc) is 2.96. The first-order chi connectivity index (χ1) is 9.58. The van der Waals surface area contributed by atoms with Gasteiger partial charge < -0.3 is 4.90 Å². The highest BCUT2D eigenvalue weighted by Crippen LogP contribution is 2.31. The van der Waals surface area contributed by atoms with Gasteiger partial charge in [-0.2, -0.15) is 0 Å². The summed E-state index contributed by atoms with van der Waals surface area (Å²) in [7, 11) is 0. The lowest BCUT2D eigenvalue weighted by Crippen LogP contribution is -2.33. The third kappa shape index (κ3) is 2.09. The van der Waals surface area contributed by atoms with Gasteiger partial charge in [0, 0.05) is 6.54 Å². The molecule has 2 heterocycles. The van der Waals surface area contributed by atoms with E-state index >= 15 is 0 Å². The van der Waals surface area contributed by atoms with Gasteiger partial charge >= 0.3 is 6.03 Å². The van der Waals surface area contributed by atoms with E-state index in [0.29, 0.717) is 18.2 Å². The molecule has 1 aromatic rings. The molecular weight excluding hydrogens is 252 g/mol. The van der Waals surface area contributed by atoms with Crippen LogP contribution in [0.4, 0.5) is 10.5 Å². The van der Waals surface area contributed by atoms with Gasteiger partial charge in [0.25, 0.3) is 5.91 Å². The molecule has 3 amide bonds. The molecule has 20 heavy (non-hydrogen) atoms. The number of nitrogens with zero attached hydrogens (tertiary/aromatic N) is 2. The van der Waals surface area contributed by atoms with Gasteiger partial charge in [-0.3, -0.25) is 4.79 Å². The van der Waals surface area contributed by atoms with Crippen LogP contribution in [0.3, 0.4) is 0 Å². The van der Waals surface area contributed by atoms with Gasteiger partial charge in [0.05, 0.1) is 5.69 Å². The molecule has 0 aromatic heterocycles. The standard InChI is InChI=1S/C16H20N2O2/c1-11(2)10-12-5-7-13(8-6-12)18-15(19)14-4-3-9-17(14)16(18)20/h5-8,11,14H,3-4,9-10H2,1-2H3/t14-/m0/s1. The van der Waals surface area contributed by atoms with Gasteiger partial charge in [0.15, 0.2) is 0 Å². The second-order valence-electron chi connectivity index (χ2n) is 6.07. The van der Waals surface area contributed by atoms with E-state index in [-0.39, 0.29) is 18.0 Å². The number of hydrogen-bond acceptors (Lipinski definition) is 2. The zero-order chi connectivity index (χ0) is 14.3. The summed E-state index contributed by atoms with van der Waals surface area (Å²) < 4.78 is 0. The van der Waals surface area contributed by atoms with Gasteiger partial charge in [0.2, 0.25) is 0 Å². The molecule has 4 heteroatoms. The van der Waals surface area contributed by atoms with Crippen LogP contribution >= 0.6 is 0 Å². The van der Waals surface area contributed by atoms with E-state index in [0.717, 1.165) is 19.3 Å². The van der Waals surface area contributed by atoms with Crippen LogP contribution in [0.15, 0.2) is 24.3 Å². The monoisotopic (exact) mass is 272 g/mol. The Morgan fingerprint density at radius 2 is 1.90 bits per heavy atom. The van der Waals surface area contributed by atoms with Crippen molar-refractivity contribution < 1.29 is 9.59 Å². The summed E-state index contributed by atoms with van der Waals surface area (Å²) in [6, 6.07) is 7.41. The maximum absolute atomic E-state index is 12.3. The van der Waals surface area contributed by atoms with E-state index in [1.165, 1.54) is 10.5 Å². The number of anilines is 1. The van der Waals surface area contributed by atoms with Gasteiger partial charge in [-0.05, 0) is 42.9 Å². The van der Waals surface area contributed by atoms with Crippen molar-refractivity contribution in [1.82, 2.24) is 4.90 Å². The van der Waals surface area contributed by atoms with Crippen LogP contribution in [0.2, 0.25) is 0 Å². The lowest BCUT2D eigenvalue weighted by Gasteiger charge is -2.16. The van der Waals surface area contributed by atoms with Crippen LogP contribution in [0, 0.1) is 5.92 Å². The highest BCUT2D eigenvalue weighted by atomic mass is 16.2. The van der Waals surface area contributed by atoms with E-state index in [1.807, 2.05) is 24.3 Å². The summed E-state index contributed by atoms with van der Waals surface area (Å²) in [5, 5.41) is 0. The largest absolute Gasteiger partial charge is 0.332 e. The SMILES string of the molecule is CC(C)Cc1ccc(N2C(=O)[C@@H]3CCCN3C2=O)cc1. The molecule has 1 aromatic carbocycles. The summed E-state index contributed by atoms with van der Waals surface area (Å²) in [5.74, 6) is 0.533. The van der Waals surface area contributed by atoms with Crippen molar-refractivity contribution in [3.63, 3.8) is 0 Å². The van der Waals surface area contributed by atoms with Gasteiger partial charge in [-0.25, -0.2) is 9.69 Å². The Balaban J connectivity index is 1.82. The Labute approximate surface area is 119 Å². The highest BCUT2D eigenvalue weighted by molar-refractivity contribution is 6.21. The minimum Gasteiger partial charge on any atom is -0.312 e. The molecule has 4 nitrogen and oxygen atoms in total. The summed E-state index contributed by atoms with van der Waals surface area (Å²) in [4.78, 5) is 27.7. The number of carbonyl (C=O) groups is 2. The van der Waals surface area contributed by atoms with Crippen LogP contribution in [-0.4, -0.2) is 29.4 Å². The molecule has 3 rings (SSSR count). The molecule has 0 N–H and O–H groups in total. The first-order valence-electron chi connectivity index (χ1n) is 7.31. The molecule has 0 unspecified atom stereocenters. The summed E-state index contributed by atoms with van der Waals surface area (Å²) in [6.07, 6.45) is 2.74. The van der Waals surface area contributed by atoms with Crippen molar-refractivity contribution >= 4 is 17.6 Å². The minimum atomic E-state index is -0.224. The number of urea groups is 1. The maximum atomic E-state index is 12.3. The number of hydrogen-bond donors (Lipinski definition) is 0. The van der Waals surface area contributed by atoms with Crippen molar-refractivity contribution in [2.45, 2.75) is 39.2 Å². The molecule has 2 saturated heterocycles. The van der Waals surface area contributed by atoms with Crippen molar-refractivity contribution in [2.24, 2.45) is 5.92 Å². The second kappa shape index (κ2) is 4.93. The molecule has 2 aliphatic rings. The topological polar surface area (TPSA) is 40.6 Å². The molecule has 0 spiro atoms. The first-order valence-corrected chi connectivity index (χ1v) is 7.31. The molecule has 2 fully saturated rings. The molecule has 0 saturated carbocycles. The summed E-state index contributed by atoms with van der Waals surface area (Å²) in [6.45, 7) is 5.06. The van der Waals surface area contributed by atoms with Crippen molar-refractivity contribution in [2.75, 3.05) is 11.4 Å². The zero-order valence-electron chi connectivity index (χ0n) is 12.0. The molecule has 0 radical (unpaired) electrons. The normalized spacial score (nSPS) is 22.1. The van der Waals surface area contributed by atoms with Crippen LogP contribution in [0.25, 0.3) is 0 Å². The van der Waals surface area contributed by atoms with Gasteiger partial charge in [-0.15, -0.1) is 0 Å². The molecule has 0 bridgehead atoms. The fourth-order valence-corrected chi connectivity index (χ4v) is 3.11. The molecule has 0 aliphatic carbocycles. The molecule has 106 valence electrons. The second-order valence-corrected chi connectivity index (χ2v) is 6.07. The number of amides is 3. The third-order valence-electron chi connectivity index (χ3n) is 4.03. The third-order valence-corrected chi connectivity index (χ3v) is 4.03.